The number of ether oxygens (including phenoxy) is 2. The number of fused-ring (bicyclic) bond motifs is 1. The molecule has 3 nitrogen and oxygen atoms in total. The lowest BCUT2D eigenvalue weighted by atomic mass is 9.77. The maximum atomic E-state index is 13.8. The van der Waals surface area contributed by atoms with Crippen molar-refractivity contribution in [2.45, 2.75) is 25.5 Å². The molecule has 0 N–H and O–H groups in total. The van der Waals surface area contributed by atoms with Crippen LogP contribution in [0.2, 0.25) is 0 Å². The first-order valence-corrected chi connectivity index (χ1v) is 7.30. The molecule has 1 aromatic carbocycles. The minimum absolute atomic E-state index is 0.0955. The highest BCUT2D eigenvalue weighted by Crippen LogP contribution is 2.41. The fraction of sp³-hybridized carbons (Fsp3) is 0.625. The molecule has 1 aromatic rings. The third kappa shape index (κ3) is 2.60. The summed E-state index contributed by atoms with van der Waals surface area (Å²) in [5, 5.41) is 0. The van der Waals surface area contributed by atoms with Crippen molar-refractivity contribution in [1.82, 2.24) is 4.90 Å². The molecular weight excluding hydrogens is 257 g/mol. The average molecular weight is 279 g/mol. The standard InChI is InChI=1S/C16H22FNO2/c1-19-12-16-7-9-20-15(16)6-8-18(11-16)10-13-4-2-3-5-14(13)17/h2-5,15H,6-12H2,1H3/t15-,16+/m0/s1. The van der Waals surface area contributed by atoms with E-state index in [0.717, 1.165) is 44.7 Å². The zero-order valence-electron chi connectivity index (χ0n) is 12.0. The van der Waals surface area contributed by atoms with Crippen molar-refractivity contribution in [3.8, 4) is 0 Å². The quantitative estimate of drug-likeness (QED) is 0.845. The molecule has 0 aromatic heterocycles. The van der Waals surface area contributed by atoms with Gasteiger partial charge in [-0.25, -0.2) is 4.39 Å². The van der Waals surface area contributed by atoms with Crippen LogP contribution in [0.1, 0.15) is 18.4 Å². The van der Waals surface area contributed by atoms with E-state index >= 15 is 0 Å². The summed E-state index contributed by atoms with van der Waals surface area (Å²) in [6.45, 7) is 4.11. The molecule has 0 unspecified atom stereocenters. The molecule has 0 aliphatic carbocycles. The van der Waals surface area contributed by atoms with Gasteiger partial charge in [0, 0.05) is 44.3 Å². The van der Waals surface area contributed by atoms with Crippen LogP contribution in [0.25, 0.3) is 0 Å². The first-order chi connectivity index (χ1) is 9.73. The molecule has 20 heavy (non-hydrogen) atoms. The van der Waals surface area contributed by atoms with Gasteiger partial charge in [-0.2, -0.15) is 0 Å². The molecule has 0 saturated carbocycles. The summed E-state index contributed by atoms with van der Waals surface area (Å²) < 4.78 is 25.1. The van der Waals surface area contributed by atoms with Gasteiger partial charge < -0.3 is 9.47 Å². The highest BCUT2D eigenvalue weighted by molar-refractivity contribution is 5.17. The molecule has 0 bridgehead atoms. The summed E-state index contributed by atoms with van der Waals surface area (Å²) in [4.78, 5) is 2.34. The number of nitrogens with zero attached hydrogens (tertiary/aromatic N) is 1. The maximum Gasteiger partial charge on any atom is 0.127 e. The van der Waals surface area contributed by atoms with Crippen LogP contribution >= 0.6 is 0 Å². The Morgan fingerprint density at radius 2 is 2.30 bits per heavy atom. The molecule has 2 aliphatic rings. The van der Waals surface area contributed by atoms with Crippen molar-refractivity contribution in [2.24, 2.45) is 5.41 Å². The minimum atomic E-state index is -0.113. The van der Waals surface area contributed by atoms with Crippen LogP contribution in [-0.4, -0.2) is 44.4 Å². The van der Waals surface area contributed by atoms with Gasteiger partial charge in [0.15, 0.2) is 0 Å². The van der Waals surface area contributed by atoms with Crippen LogP contribution in [0.15, 0.2) is 24.3 Å². The van der Waals surface area contributed by atoms with Gasteiger partial charge in [0.1, 0.15) is 5.82 Å². The SMILES string of the molecule is COC[C@]12CCO[C@H]1CCN(Cc1ccccc1F)C2. The number of methoxy groups -OCH3 is 1. The summed E-state index contributed by atoms with van der Waals surface area (Å²) in [6.07, 6.45) is 2.36. The van der Waals surface area contributed by atoms with E-state index in [1.165, 1.54) is 6.07 Å². The number of benzene rings is 1. The molecule has 2 heterocycles. The number of hydrogen-bond donors (Lipinski definition) is 0. The van der Waals surface area contributed by atoms with Crippen molar-refractivity contribution in [2.75, 3.05) is 33.4 Å². The van der Waals surface area contributed by atoms with Crippen molar-refractivity contribution >= 4 is 0 Å². The van der Waals surface area contributed by atoms with Crippen LogP contribution < -0.4 is 0 Å². The Balaban J connectivity index is 1.71. The molecule has 110 valence electrons. The number of likely N-dealkylation sites (tertiary alicyclic amines) is 1. The largest absolute Gasteiger partial charge is 0.384 e. The van der Waals surface area contributed by atoms with Crippen LogP contribution in [0.3, 0.4) is 0 Å². The predicted molar refractivity (Wildman–Crippen MR) is 75.0 cm³/mol. The Hall–Kier alpha value is -0.970. The normalized spacial score (nSPS) is 30.4. The lowest BCUT2D eigenvalue weighted by Gasteiger charge is -2.43. The number of piperidine rings is 1. The van der Waals surface area contributed by atoms with Crippen molar-refractivity contribution in [1.29, 1.82) is 0 Å². The third-order valence-electron chi connectivity index (χ3n) is 4.63. The Labute approximate surface area is 119 Å². The summed E-state index contributed by atoms with van der Waals surface area (Å²) in [7, 11) is 1.75. The van der Waals surface area contributed by atoms with Crippen molar-refractivity contribution in [3.63, 3.8) is 0 Å². The summed E-state index contributed by atoms with van der Waals surface area (Å²) in [5.41, 5.74) is 0.871. The highest BCUT2D eigenvalue weighted by Gasteiger charge is 2.47. The van der Waals surface area contributed by atoms with Gasteiger partial charge in [0.25, 0.3) is 0 Å². The Morgan fingerprint density at radius 1 is 1.45 bits per heavy atom. The zero-order chi connectivity index (χ0) is 14.0. The van der Waals surface area contributed by atoms with E-state index in [-0.39, 0.29) is 11.2 Å². The molecule has 2 fully saturated rings. The van der Waals surface area contributed by atoms with Crippen molar-refractivity contribution in [3.05, 3.63) is 35.6 Å². The maximum absolute atomic E-state index is 13.8. The van der Waals surface area contributed by atoms with Crippen molar-refractivity contribution < 1.29 is 13.9 Å². The molecular formula is C16H22FNO2. The average Bonchev–Trinajstić information content (AvgIpc) is 2.84. The fourth-order valence-electron chi connectivity index (χ4n) is 3.64. The fourth-order valence-corrected chi connectivity index (χ4v) is 3.64. The smallest absolute Gasteiger partial charge is 0.127 e. The number of hydrogen-bond acceptors (Lipinski definition) is 3. The molecule has 2 saturated heterocycles. The summed E-state index contributed by atoms with van der Waals surface area (Å²) in [6, 6.07) is 7.04. The Kier molecular flexibility index (Phi) is 4.06. The van der Waals surface area contributed by atoms with Crippen LogP contribution in [0.4, 0.5) is 4.39 Å². The van der Waals surface area contributed by atoms with Gasteiger partial charge in [-0.15, -0.1) is 0 Å². The lowest BCUT2D eigenvalue weighted by molar-refractivity contribution is -0.0559. The Bertz CT molecular complexity index is 468. The van der Waals surface area contributed by atoms with E-state index in [1.54, 1.807) is 13.2 Å². The highest BCUT2D eigenvalue weighted by atomic mass is 19.1. The molecule has 0 spiro atoms. The summed E-state index contributed by atoms with van der Waals surface area (Å²) in [5.74, 6) is -0.113. The van der Waals surface area contributed by atoms with Gasteiger partial charge >= 0.3 is 0 Å². The summed E-state index contributed by atoms with van der Waals surface area (Å²) >= 11 is 0. The number of rotatable bonds is 4. The number of halogens is 1. The zero-order valence-corrected chi connectivity index (χ0v) is 12.0. The van der Waals surface area contributed by atoms with E-state index in [2.05, 4.69) is 4.90 Å². The van der Waals surface area contributed by atoms with E-state index in [9.17, 15) is 4.39 Å². The predicted octanol–water partition coefficient (Wildman–Crippen LogP) is 2.45. The first-order valence-electron chi connectivity index (χ1n) is 7.30. The van der Waals surface area contributed by atoms with E-state index in [4.69, 9.17) is 9.47 Å². The van der Waals surface area contributed by atoms with E-state index in [1.807, 2.05) is 12.1 Å². The van der Waals surface area contributed by atoms with Gasteiger partial charge in [0.05, 0.1) is 12.7 Å². The topological polar surface area (TPSA) is 21.7 Å². The second-order valence-electron chi connectivity index (χ2n) is 6.00. The Morgan fingerprint density at radius 3 is 3.10 bits per heavy atom. The molecule has 2 aliphatic heterocycles. The van der Waals surface area contributed by atoms with Crippen LogP contribution in [0.5, 0.6) is 0 Å². The lowest BCUT2D eigenvalue weighted by Crippen LogP contribution is -2.51. The monoisotopic (exact) mass is 279 g/mol. The molecule has 0 amide bonds. The third-order valence-corrected chi connectivity index (χ3v) is 4.63. The van der Waals surface area contributed by atoms with Gasteiger partial charge in [-0.1, -0.05) is 18.2 Å². The molecule has 2 atom stereocenters. The second kappa shape index (κ2) is 5.80. The van der Waals surface area contributed by atoms with Gasteiger partial charge in [-0.05, 0) is 18.9 Å². The van der Waals surface area contributed by atoms with Gasteiger partial charge in [-0.3, -0.25) is 4.90 Å². The van der Waals surface area contributed by atoms with E-state index in [0.29, 0.717) is 12.6 Å². The van der Waals surface area contributed by atoms with E-state index < -0.39 is 0 Å². The first kappa shape index (κ1) is 14.0. The van der Waals surface area contributed by atoms with Crippen LogP contribution in [-0.2, 0) is 16.0 Å². The molecule has 4 heteroatoms. The second-order valence-corrected chi connectivity index (χ2v) is 6.00. The van der Waals surface area contributed by atoms with Crippen LogP contribution in [0, 0.1) is 11.2 Å². The molecule has 0 radical (unpaired) electrons. The minimum Gasteiger partial charge on any atom is -0.384 e. The molecule has 3 rings (SSSR count). The van der Waals surface area contributed by atoms with Gasteiger partial charge in [0.2, 0.25) is 0 Å².